The molecule has 4 heteroatoms. The van der Waals surface area contributed by atoms with Crippen LogP contribution in [0.1, 0.15) is 51.6 Å². The molecule has 0 amide bonds. The van der Waals surface area contributed by atoms with Gasteiger partial charge in [0, 0.05) is 11.6 Å². The van der Waals surface area contributed by atoms with Crippen LogP contribution in [-0.2, 0) is 4.74 Å². The minimum absolute atomic E-state index is 0.0686. The molecule has 0 aromatic heterocycles. The summed E-state index contributed by atoms with van der Waals surface area (Å²) in [6.07, 6.45) is 3.62. The highest BCUT2D eigenvalue weighted by atomic mass is 19.1. The lowest BCUT2D eigenvalue weighted by molar-refractivity contribution is 0.0261. The van der Waals surface area contributed by atoms with Crippen LogP contribution < -0.4 is 10.1 Å². The SMILES string of the molecule is CCCNC(C)c1cc(F)ccc1OCC1CCC(C)O1. The van der Waals surface area contributed by atoms with E-state index in [0.717, 1.165) is 37.1 Å². The van der Waals surface area contributed by atoms with Crippen molar-refractivity contribution in [2.45, 2.75) is 58.3 Å². The summed E-state index contributed by atoms with van der Waals surface area (Å²) in [5.41, 5.74) is 0.870. The van der Waals surface area contributed by atoms with Crippen LogP contribution in [0.25, 0.3) is 0 Å². The lowest BCUT2D eigenvalue weighted by atomic mass is 10.1. The molecule has 118 valence electrons. The lowest BCUT2D eigenvalue weighted by Crippen LogP contribution is -2.22. The van der Waals surface area contributed by atoms with Crippen LogP contribution in [0.4, 0.5) is 4.39 Å². The fourth-order valence-electron chi connectivity index (χ4n) is 2.65. The van der Waals surface area contributed by atoms with Gasteiger partial charge in [0.1, 0.15) is 18.2 Å². The summed E-state index contributed by atoms with van der Waals surface area (Å²) < 4.78 is 25.2. The molecule has 1 aromatic rings. The van der Waals surface area contributed by atoms with E-state index in [2.05, 4.69) is 19.2 Å². The number of nitrogens with one attached hydrogen (secondary N) is 1. The van der Waals surface area contributed by atoms with Crippen LogP contribution >= 0.6 is 0 Å². The quantitative estimate of drug-likeness (QED) is 0.829. The Labute approximate surface area is 126 Å². The van der Waals surface area contributed by atoms with Crippen molar-refractivity contribution >= 4 is 0 Å². The average molecular weight is 295 g/mol. The first-order valence-corrected chi connectivity index (χ1v) is 7.91. The topological polar surface area (TPSA) is 30.5 Å². The highest BCUT2D eigenvalue weighted by molar-refractivity contribution is 5.36. The molecule has 1 aliphatic rings. The third-order valence-electron chi connectivity index (χ3n) is 3.88. The van der Waals surface area contributed by atoms with Crippen molar-refractivity contribution in [3.8, 4) is 5.75 Å². The molecule has 1 saturated heterocycles. The maximum Gasteiger partial charge on any atom is 0.124 e. The minimum Gasteiger partial charge on any atom is -0.491 e. The largest absolute Gasteiger partial charge is 0.491 e. The van der Waals surface area contributed by atoms with Crippen molar-refractivity contribution in [2.24, 2.45) is 0 Å². The summed E-state index contributed by atoms with van der Waals surface area (Å²) in [4.78, 5) is 0. The van der Waals surface area contributed by atoms with Gasteiger partial charge >= 0.3 is 0 Å². The predicted octanol–water partition coefficient (Wildman–Crippen LogP) is 3.83. The molecule has 21 heavy (non-hydrogen) atoms. The molecule has 1 heterocycles. The molecule has 0 spiro atoms. The van der Waals surface area contributed by atoms with Crippen molar-refractivity contribution < 1.29 is 13.9 Å². The number of hydrogen-bond donors (Lipinski definition) is 1. The molecule has 0 bridgehead atoms. The van der Waals surface area contributed by atoms with Crippen LogP contribution in [-0.4, -0.2) is 25.4 Å². The summed E-state index contributed by atoms with van der Waals surface area (Å²) in [5, 5.41) is 3.37. The molecule has 1 aliphatic heterocycles. The van der Waals surface area contributed by atoms with Gasteiger partial charge in [-0.05, 0) is 57.9 Å². The van der Waals surface area contributed by atoms with E-state index in [1.54, 1.807) is 12.1 Å². The minimum atomic E-state index is -0.228. The Hall–Kier alpha value is -1.13. The van der Waals surface area contributed by atoms with E-state index in [9.17, 15) is 4.39 Å². The molecular formula is C17H26FNO2. The van der Waals surface area contributed by atoms with Crippen molar-refractivity contribution in [1.82, 2.24) is 5.32 Å². The Bertz CT molecular complexity index is 452. The average Bonchev–Trinajstić information content (AvgIpc) is 2.89. The number of hydrogen-bond acceptors (Lipinski definition) is 3. The smallest absolute Gasteiger partial charge is 0.124 e. The molecule has 0 aliphatic carbocycles. The number of benzene rings is 1. The summed E-state index contributed by atoms with van der Waals surface area (Å²) in [6, 6.07) is 4.79. The Morgan fingerprint density at radius 2 is 2.24 bits per heavy atom. The second-order valence-electron chi connectivity index (χ2n) is 5.82. The molecule has 3 atom stereocenters. The summed E-state index contributed by atoms with van der Waals surface area (Å²) in [7, 11) is 0. The number of ether oxygens (including phenoxy) is 2. The summed E-state index contributed by atoms with van der Waals surface area (Å²) in [5.74, 6) is 0.517. The number of halogens is 1. The first kappa shape index (κ1) is 16.2. The molecular weight excluding hydrogens is 269 g/mol. The van der Waals surface area contributed by atoms with Crippen molar-refractivity contribution in [2.75, 3.05) is 13.2 Å². The Morgan fingerprint density at radius 1 is 1.43 bits per heavy atom. The van der Waals surface area contributed by atoms with Crippen molar-refractivity contribution in [3.63, 3.8) is 0 Å². The highest BCUT2D eigenvalue weighted by Gasteiger charge is 2.23. The van der Waals surface area contributed by atoms with Crippen LogP contribution in [0.2, 0.25) is 0 Å². The zero-order chi connectivity index (χ0) is 15.2. The summed E-state index contributed by atoms with van der Waals surface area (Å²) >= 11 is 0. The second-order valence-corrected chi connectivity index (χ2v) is 5.82. The molecule has 2 rings (SSSR count). The normalized spacial score (nSPS) is 23.2. The molecule has 3 nitrogen and oxygen atoms in total. The fraction of sp³-hybridized carbons (Fsp3) is 0.647. The van der Waals surface area contributed by atoms with E-state index in [0.29, 0.717) is 12.7 Å². The van der Waals surface area contributed by atoms with Crippen LogP contribution in [0.3, 0.4) is 0 Å². The van der Waals surface area contributed by atoms with E-state index in [1.165, 1.54) is 6.07 Å². The van der Waals surface area contributed by atoms with Gasteiger partial charge in [0.15, 0.2) is 0 Å². The molecule has 0 saturated carbocycles. The third kappa shape index (κ3) is 4.68. The van der Waals surface area contributed by atoms with Gasteiger partial charge in [0.2, 0.25) is 0 Å². The Balaban J connectivity index is 2.00. The van der Waals surface area contributed by atoms with E-state index < -0.39 is 0 Å². The van der Waals surface area contributed by atoms with Gasteiger partial charge in [-0.2, -0.15) is 0 Å². The summed E-state index contributed by atoms with van der Waals surface area (Å²) in [6.45, 7) is 7.66. The molecule has 1 N–H and O–H groups in total. The zero-order valence-electron chi connectivity index (χ0n) is 13.2. The fourth-order valence-corrected chi connectivity index (χ4v) is 2.65. The Kier molecular flexibility index (Phi) is 6.00. The number of rotatable bonds is 7. The highest BCUT2D eigenvalue weighted by Crippen LogP contribution is 2.27. The van der Waals surface area contributed by atoms with Gasteiger partial charge in [-0.25, -0.2) is 4.39 Å². The van der Waals surface area contributed by atoms with Gasteiger partial charge < -0.3 is 14.8 Å². The molecule has 1 fully saturated rings. The standard InChI is InChI=1S/C17H26FNO2/c1-4-9-19-13(3)16-10-14(18)6-8-17(16)20-11-15-7-5-12(2)21-15/h6,8,10,12-13,15,19H,4-5,7,9,11H2,1-3H3. The second kappa shape index (κ2) is 7.76. The van der Waals surface area contributed by atoms with Gasteiger partial charge in [0.05, 0.1) is 12.2 Å². The van der Waals surface area contributed by atoms with Crippen molar-refractivity contribution in [1.29, 1.82) is 0 Å². The van der Waals surface area contributed by atoms with Gasteiger partial charge in [-0.15, -0.1) is 0 Å². The first-order chi connectivity index (χ1) is 10.1. The van der Waals surface area contributed by atoms with E-state index >= 15 is 0 Å². The van der Waals surface area contributed by atoms with Crippen LogP contribution in [0.5, 0.6) is 5.75 Å². The first-order valence-electron chi connectivity index (χ1n) is 7.91. The van der Waals surface area contributed by atoms with E-state index in [1.807, 2.05) is 6.92 Å². The van der Waals surface area contributed by atoms with E-state index in [4.69, 9.17) is 9.47 Å². The van der Waals surface area contributed by atoms with Crippen molar-refractivity contribution in [3.05, 3.63) is 29.6 Å². The van der Waals surface area contributed by atoms with Gasteiger partial charge in [-0.3, -0.25) is 0 Å². The van der Waals surface area contributed by atoms with E-state index in [-0.39, 0.29) is 18.0 Å². The zero-order valence-corrected chi connectivity index (χ0v) is 13.2. The third-order valence-corrected chi connectivity index (χ3v) is 3.88. The van der Waals surface area contributed by atoms with Crippen LogP contribution in [0, 0.1) is 5.82 Å². The van der Waals surface area contributed by atoms with Crippen LogP contribution in [0.15, 0.2) is 18.2 Å². The monoisotopic (exact) mass is 295 g/mol. The maximum atomic E-state index is 13.5. The molecule has 0 radical (unpaired) electrons. The molecule has 1 aromatic carbocycles. The lowest BCUT2D eigenvalue weighted by Gasteiger charge is -2.20. The van der Waals surface area contributed by atoms with Gasteiger partial charge in [-0.1, -0.05) is 6.92 Å². The molecule has 3 unspecified atom stereocenters. The predicted molar refractivity (Wildman–Crippen MR) is 82.2 cm³/mol. The Morgan fingerprint density at radius 3 is 2.90 bits per heavy atom. The van der Waals surface area contributed by atoms with Gasteiger partial charge in [0.25, 0.3) is 0 Å². The maximum absolute atomic E-state index is 13.5.